The highest BCUT2D eigenvalue weighted by molar-refractivity contribution is 5.82. The molecular weight excluding hydrogens is 321 g/mol. The average molecular weight is 342 g/mol. The largest absolute Gasteiger partial charge is 0.492 e. The van der Waals surface area contributed by atoms with Gasteiger partial charge in [-0.15, -0.1) is 0 Å². The van der Waals surface area contributed by atoms with Gasteiger partial charge in [0.15, 0.2) is 0 Å². The molecule has 0 bridgehead atoms. The fourth-order valence-electron chi connectivity index (χ4n) is 3.02. The third-order valence-electron chi connectivity index (χ3n) is 4.42. The van der Waals surface area contributed by atoms with Crippen LogP contribution < -0.4 is 10.1 Å². The number of alkyl halides is 3. The highest BCUT2D eigenvalue weighted by Crippen LogP contribution is 2.35. The van der Waals surface area contributed by atoms with E-state index in [1.54, 1.807) is 0 Å². The quantitative estimate of drug-likeness (QED) is 0.864. The molecule has 2 fully saturated rings. The van der Waals surface area contributed by atoms with Gasteiger partial charge in [0.1, 0.15) is 12.4 Å². The van der Waals surface area contributed by atoms with Crippen LogP contribution in [-0.4, -0.2) is 42.6 Å². The second kappa shape index (κ2) is 7.01. The molecule has 1 aromatic carbocycles. The van der Waals surface area contributed by atoms with Gasteiger partial charge in [-0.1, -0.05) is 12.1 Å². The van der Waals surface area contributed by atoms with E-state index in [9.17, 15) is 18.0 Å². The van der Waals surface area contributed by atoms with Crippen molar-refractivity contribution in [1.29, 1.82) is 0 Å². The maximum Gasteiger partial charge on any atom is 0.419 e. The van der Waals surface area contributed by atoms with Crippen molar-refractivity contribution in [1.82, 2.24) is 10.2 Å². The predicted octanol–water partition coefficient (Wildman–Crippen LogP) is 2.83. The minimum atomic E-state index is -4.43. The Balaban J connectivity index is 1.53. The summed E-state index contributed by atoms with van der Waals surface area (Å²) < 4.78 is 44.1. The Kier molecular flexibility index (Phi) is 4.99. The molecular formula is C17H21F3N2O2. The lowest BCUT2D eigenvalue weighted by Gasteiger charge is -2.24. The lowest BCUT2D eigenvalue weighted by molar-refractivity contribution is -0.139. The van der Waals surface area contributed by atoms with E-state index in [0.717, 1.165) is 38.3 Å². The Morgan fingerprint density at radius 3 is 2.71 bits per heavy atom. The number of ether oxygens (including phenoxy) is 1. The van der Waals surface area contributed by atoms with Gasteiger partial charge in [-0.25, -0.2) is 0 Å². The number of amides is 1. The molecule has 1 amide bonds. The highest BCUT2D eigenvalue weighted by atomic mass is 19.4. The molecule has 1 atom stereocenters. The Labute approximate surface area is 139 Å². The molecule has 24 heavy (non-hydrogen) atoms. The van der Waals surface area contributed by atoms with Crippen LogP contribution in [0.4, 0.5) is 13.2 Å². The van der Waals surface area contributed by atoms with E-state index in [2.05, 4.69) is 5.32 Å². The van der Waals surface area contributed by atoms with E-state index < -0.39 is 11.7 Å². The van der Waals surface area contributed by atoms with Crippen molar-refractivity contribution in [2.75, 3.05) is 19.7 Å². The third kappa shape index (κ3) is 4.20. The number of para-hydroxylation sites is 1. The summed E-state index contributed by atoms with van der Waals surface area (Å²) >= 11 is 0. The topological polar surface area (TPSA) is 41.6 Å². The molecule has 1 N–H and O–H groups in total. The fourth-order valence-corrected chi connectivity index (χ4v) is 3.02. The van der Waals surface area contributed by atoms with Crippen LogP contribution in [0, 0.1) is 0 Å². The van der Waals surface area contributed by atoms with Crippen LogP contribution in [0.1, 0.15) is 31.2 Å². The van der Waals surface area contributed by atoms with E-state index in [-0.39, 0.29) is 24.3 Å². The normalized spacial score (nSPS) is 21.7. The molecule has 0 radical (unpaired) electrons. The standard InChI is InChI=1S/C17H21F3N2O2/c18-17(19,20)13-4-1-2-6-15(13)24-11-10-22-9-3-5-14(22)16(23)21-12-7-8-12/h1-2,4,6,12,14H,3,5,7-11H2,(H,21,23). The summed E-state index contributed by atoms with van der Waals surface area (Å²) in [5, 5.41) is 2.99. The third-order valence-corrected chi connectivity index (χ3v) is 4.42. The zero-order chi connectivity index (χ0) is 17.2. The number of carbonyl (C=O) groups excluding carboxylic acids is 1. The molecule has 3 rings (SSSR count). The Morgan fingerprint density at radius 1 is 1.25 bits per heavy atom. The number of carbonyl (C=O) groups is 1. The molecule has 1 saturated carbocycles. The number of hydrogen-bond donors (Lipinski definition) is 1. The van der Waals surface area contributed by atoms with E-state index >= 15 is 0 Å². The molecule has 0 spiro atoms. The summed E-state index contributed by atoms with van der Waals surface area (Å²) in [6.07, 6.45) is -0.651. The molecule has 2 aliphatic rings. The van der Waals surface area contributed by atoms with Gasteiger partial charge in [-0.2, -0.15) is 13.2 Å². The Morgan fingerprint density at radius 2 is 2.00 bits per heavy atom. The first-order chi connectivity index (χ1) is 11.4. The molecule has 1 aliphatic heterocycles. The van der Waals surface area contributed by atoms with Crippen LogP contribution in [0.25, 0.3) is 0 Å². The van der Waals surface area contributed by atoms with E-state index in [1.807, 2.05) is 4.90 Å². The molecule has 1 saturated heterocycles. The number of benzene rings is 1. The summed E-state index contributed by atoms with van der Waals surface area (Å²) in [5.41, 5.74) is -0.769. The summed E-state index contributed by atoms with van der Waals surface area (Å²) in [4.78, 5) is 14.2. The number of likely N-dealkylation sites (tertiary alicyclic amines) is 1. The predicted molar refractivity (Wildman–Crippen MR) is 82.7 cm³/mol. The van der Waals surface area contributed by atoms with Gasteiger partial charge in [0, 0.05) is 12.6 Å². The number of rotatable bonds is 6. The van der Waals surface area contributed by atoms with Gasteiger partial charge in [-0.3, -0.25) is 9.69 Å². The van der Waals surface area contributed by atoms with Gasteiger partial charge in [0.05, 0.1) is 11.6 Å². The monoisotopic (exact) mass is 342 g/mol. The van der Waals surface area contributed by atoms with E-state index in [1.165, 1.54) is 18.2 Å². The van der Waals surface area contributed by atoms with Crippen LogP contribution >= 0.6 is 0 Å². The Bertz CT molecular complexity index is 587. The van der Waals surface area contributed by atoms with Crippen LogP contribution in [0.3, 0.4) is 0 Å². The van der Waals surface area contributed by atoms with E-state index in [4.69, 9.17) is 4.74 Å². The molecule has 1 aromatic rings. The van der Waals surface area contributed by atoms with Crippen LogP contribution in [0.5, 0.6) is 5.75 Å². The summed E-state index contributed by atoms with van der Waals surface area (Å²) in [6.45, 7) is 1.34. The zero-order valence-corrected chi connectivity index (χ0v) is 13.3. The first-order valence-corrected chi connectivity index (χ1v) is 8.28. The number of halogens is 3. The van der Waals surface area contributed by atoms with Crippen molar-refractivity contribution in [3.63, 3.8) is 0 Å². The lowest BCUT2D eigenvalue weighted by atomic mass is 10.2. The molecule has 4 nitrogen and oxygen atoms in total. The molecule has 7 heteroatoms. The van der Waals surface area contributed by atoms with Gasteiger partial charge in [0.25, 0.3) is 0 Å². The second-order valence-electron chi connectivity index (χ2n) is 6.32. The smallest absolute Gasteiger partial charge is 0.419 e. The van der Waals surface area contributed by atoms with Crippen molar-refractivity contribution >= 4 is 5.91 Å². The summed E-state index contributed by atoms with van der Waals surface area (Å²) in [5.74, 6) is -0.131. The lowest BCUT2D eigenvalue weighted by Crippen LogP contribution is -2.45. The van der Waals surface area contributed by atoms with Crippen molar-refractivity contribution in [2.24, 2.45) is 0 Å². The number of nitrogens with zero attached hydrogens (tertiary/aromatic N) is 1. The second-order valence-corrected chi connectivity index (χ2v) is 6.32. The molecule has 1 unspecified atom stereocenters. The minimum absolute atomic E-state index is 0.0330. The molecule has 1 aliphatic carbocycles. The highest BCUT2D eigenvalue weighted by Gasteiger charge is 2.35. The first kappa shape index (κ1) is 17.1. The van der Waals surface area contributed by atoms with Crippen molar-refractivity contribution < 1.29 is 22.7 Å². The van der Waals surface area contributed by atoms with Gasteiger partial charge in [-0.05, 0) is 44.4 Å². The van der Waals surface area contributed by atoms with Crippen molar-refractivity contribution in [3.05, 3.63) is 29.8 Å². The van der Waals surface area contributed by atoms with Gasteiger partial charge >= 0.3 is 6.18 Å². The van der Waals surface area contributed by atoms with Crippen LogP contribution in [-0.2, 0) is 11.0 Å². The fraction of sp³-hybridized carbons (Fsp3) is 0.588. The van der Waals surface area contributed by atoms with Crippen LogP contribution in [0.15, 0.2) is 24.3 Å². The minimum Gasteiger partial charge on any atom is -0.492 e. The summed E-state index contributed by atoms with van der Waals surface area (Å²) in [6, 6.07) is 5.32. The molecule has 0 aromatic heterocycles. The Hall–Kier alpha value is -1.76. The molecule has 1 heterocycles. The SMILES string of the molecule is O=C(NC1CC1)C1CCCN1CCOc1ccccc1C(F)(F)F. The molecule has 132 valence electrons. The number of nitrogens with one attached hydrogen (secondary N) is 1. The average Bonchev–Trinajstić information content (AvgIpc) is 3.21. The summed E-state index contributed by atoms with van der Waals surface area (Å²) in [7, 11) is 0. The maximum atomic E-state index is 12.9. The van der Waals surface area contributed by atoms with Crippen LogP contribution in [0.2, 0.25) is 0 Å². The van der Waals surface area contributed by atoms with Crippen molar-refractivity contribution in [3.8, 4) is 5.75 Å². The van der Waals surface area contributed by atoms with Gasteiger partial charge < -0.3 is 10.1 Å². The first-order valence-electron chi connectivity index (χ1n) is 8.28. The number of hydrogen-bond acceptors (Lipinski definition) is 3. The zero-order valence-electron chi connectivity index (χ0n) is 13.3. The van der Waals surface area contributed by atoms with Gasteiger partial charge in [0.2, 0.25) is 5.91 Å². The van der Waals surface area contributed by atoms with E-state index in [0.29, 0.717) is 12.6 Å². The maximum absolute atomic E-state index is 12.9. The van der Waals surface area contributed by atoms with Crippen molar-refractivity contribution in [2.45, 2.75) is 43.9 Å².